The van der Waals surface area contributed by atoms with Gasteiger partial charge in [0.05, 0.1) is 18.0 Å². The SMILES string of the molecule is OCc1cccc(/C(=C/c2ccccc2)c2ccccc2)n1. The Morgan fingerprint density at radius 2 is 1.50 bits per heavy atom. The smallest absolute Gasteiger partial charge is 0.0853 e. The van der Waals surface area contributed by atoms with Gasteiger partial charge in [-0.2, -0.15) is 0 Å². The van der Waals surface area contributed by atoms with Crippen LogP contribution in [0.3, 0.4) is 0 Å². The maximum atomic E-state index is 9.32. The zero-order chi connectivity index (χ0) is 15.2. The van der Waals surface area contributed by atoms with E-state index in [0.29, 0.717) is 5.69 Å². The van der Waals surface area contributed by atoms with Crippen molar-refractivity contribution in [1.82, 2.24) is 4.98 Å². The first-order valence-electron chi connectivity index (χ1n) is 7.26. The summed E-state index contributed by atoms with van der Waals surface area (Å²) in [6.07, 6.45) is 2.12. The van der Waals surface area contributed by atoms with Gasteiger partial charge in [0.2, 0.25) is 0 Å². The number of aromatic nitrogens is 1. The quantitative estimate of drug-likeness (QED) is 0.731. The van der Waals surface area contributed by atoms with Crippen molar-refractivity contribution in [2.45, 2.75) is 6.61 Å². The summed E-state index contributed by atoms with van der Waals surface area (Å²) in [7, 11) is 0. The van der Waals surface area contributed by atoms with E-state index in [9.17, 15) is 5.11 Å². The molecule has 0 spiro atoms. The van der Waals surface area contributed by atoms with E-state index in [4.69, 9.17) is 0 Å². The Kier molecular flexibility index (Phi) is 4.42. The highest BCUT2D eigenvalue weighted by Crippen LogP contribution is 2.24. The summed E-state index contributed by atoms with van der Waals surface area (Å²) in [4.78, 5) is 4.55. The number of nitrogens with zero attached hydrogens (tertiary/aromatic N) is 1. The summed E-state index contributed by atoms with van der Waals surface area (Å²) < 4.78 is 0. The maximum absolute atomic E-state index is 9.32. The fourth-order valence-corrected chi connectivity index (χ4v) is 2.36. The van der Waals surface area contributed by atoms with E-state index in [2.05, 4.69) is 35.3 Å². The Morgan fingerprint density at radius 1 is 0.818 bits per heavy atom. The lowest BCUT2D eigenvalue weighted by atomic mass is 9.99. The minimum atomic E-state index is -0.0543. The summed E-state index contributed by atoms with van der Waals surface area (Å²) in [6, 6.07) is 26.1. The van der Waals surface area contributed by atoms with Gasteiger partial charge in [-0.25, -0.2) is 0 Å². The lowest BCUT2D eigenvalue weighted by Crippen LogP contribution is -1.96. The van der Waals surface area contributed by atoms with Crippen LogP contribution >= 0.6 is 0 Å². The average molecular weight is 287 g/mol. The van der Waals surface area contributed by atoms with Crippen molar-refractivity contribution in [2.24, 2.45) is 0 Å². The molecular formula is C20H17NO. The molecule has 0 radical (unpaired) electrons. The highest BCUT2D eigenvalue weighted by atomic mass is 16.3. The van der Waals surface area contributed by atoms with Crippen LogP contribution in [-0.2, 0) is 6.61 Å². The van der Waals surface area contributed by atoms with Gasteiger partial charge in [-0.05, 0) is 29.3 Å². The van der Waals surface area contributed by atoms with Crippen LogP contribution in [0.4, 0.5) is 0 Å². The van der Waals surface area contributed by atoms with Gasteiger partial charge in [0.1, 0.15) is 0 Å². The number of aliphatic hydroxyl groups is 1. The first-order chi connectivity index (χ1) is 10.9. The van der Waals surface area contributed by atoms with Crippen molar-refractivity contribution in [3.8, 4) is 0 Å². The summed E-state index contributed by atoms with van der Waals surface area (Å²) in [5.41, 5.74) is 4.81. The third-order valence-corrected chi connectivity index (χ3v) is 3.44. The number of hydrogen-bond donors (Lipinski definition) is 1. The standard InChI is InChI=1S/C20H17NO/c22-15-18-12-7-13-20(21-18)19(17-10-5-2-6-11-17)14-16-8-3-1-4-9-16/h1-14,22H,15H2/b19-14+. The minimum absolute atomic E-state index is 0.0543. The number of rotatable bonds is 4. The predicted octanol–water partition coefficient (Wildman–Crippen LogP) is 4.16. The normalized spacial score (nSPS) is 11.4. The third-order valence-electron chi connectivity index (χ3n) is 3.44. The molecule has 2 heteroatoms. The van der Waals surface area contributed by atoms with Crippen LogP contribution in [0.15, 0.2) is 78.9 Å². The van der Waals surface area contributed by atoms with E-state index < -0.39 is 0 Å². The molecule has 0 aliphatic carbocycles. The second-order valence-electron chi connectivity index (χ2n) is 5.01. The van der Waals surface area contributed by atoms with Gasteiger partial charge in [-0.3, -0.25) is 4.98 Å². The van der Waals surface area contributed by atoms with Crippen molar-refractivity contribution < 1.29 is 5.11 Å². The first kappa shape index (κ1) is 14.2. The highest BCUT2D eigenvalue weighted by Gasteiger charge is 2.07. The van der Waals surface area contributed by atoms with Gasteiger partial charge in [0.15, 0.2) is 0 Å². The second kappa shape index (κ2) is 6.83. The largest absolute Gasteiger partial charge is 0.390 e. The van der Waals surface area contributed by atoms with Crippen LogP contribution in [0, 0.1) is 0 Å². The van der Waals surface area contributed by atoms with Crippen LogP contribution in [0.2, 0.25) is 0 Å². The molecule has 3 rings (SSSR count). The zero-order valence-corrected chi connectivity index (χ0v) is 12.2. The molecule has 1 N–H and O–H groups in total. The Bertz CT molecular complexity index is 764. The van der Waals surface area contributed by atoms with Crippen LogP contribution in [0.25, 0.3) is 11.6 Å². The molecule has 0 saturated heterocycles. The topological polar surface area (TPSA) is 33.1 Å². The Hall–Kier alpha value is -2.71. The maximum Gasteiger partial charge on any atom is 0.0853 e. The molecule has 0 saturated carbocycles. The Balaban J connectivity index is 2.13. The molecule has 0 bridgehead atoms. The molecule has 1 aromatic heterocycles. The van der Waals surface area contributed by atoms with E-state index in [1.165, 1.54) is 0 Å². The highest BCUT2D eigenvalue weighted by molar-refractivity contribution is 5.90. The lowest BCUT2D eigenvalue weighted by Gasteiger charge is -2.09. The number of hydrogen-bond acceptors (Lipinski definition) is 2. The van der Waals surface area contributed by atoms with Crippen molar-refractivity contribution >= 4 is 11.6 Å². The monoisotopic (exact) mass is 287 g/mol. The fourth-order valence-electron chi connectivity index (χ4n) is 2.36. The summed E-state index contributed by atoms with van der Waals surface area (Å²) in [5.74, 6) is 0. The number of aliphatic hydroxyl groups excluding tert-OH is 1. The molecule has 0 atom stereocenters. The van der Waals surface area contributed by atoms with Gasteiger partial charge in [-0.15, -0.1) is 0 Å². The molecule has 0 amide bonds. The minimum Gasteiger partial charge on any atom is -0.390 e. The van der Waals surface area contributed by atoms with Crippen molar-refractivity contribution in [1.29, 1.82) is 0 Å². The van der Waals surface area contributed by atoms with E-state index in [0.717, 1.165) is 22.4 Å². The van der Waals surface area contributed by atoms with Crippen LogP contribution < -0.4 is 0 Å². The van der Waals surface area contributed by atoms with Crippen molar-refractivity contribution in [2.75, 3.05) is 0 Å². The predicted molar refractivity (Wildman–Crippen MR) is 90.0 cm³/mol. The van der Waals surface area contributed by atoms with E-state index in [-0.39, 0.29) is 6.61 Å². The zero-order valence-electron chi connectivity index (χ0n) is 12.2. The average Bonchev–Trinajstić information content (AvgIpc) is 2.61. The van der Waals surface area contributed by atoms with Crippen LogP contribution in [0.1, 0.15) is 22.5 Å². The lowest BCUT2D eigenvalue weighted by molar-refractivity contribution is 0.277. The van der Waals surface area contributed by atoms with E-state index in [1.807, 2.05) is 54.6 Å². The molecule has 0 unspecified atom stereocenters. The van der Waals surface area contributed by atoms with Gasteiger partial charge < -0.3 is 5.11 Å². The molecule has 108 valence electrons. The number of pyridine rings is 1. The molecular weight excluding hydrogens is 270 g/mol. The Labute approximate surface area is 130 Å². The molecule has 2 nitrogen and oxygen atoms in total. The van der Waals surface area contributed by atoms with Crippen molar-refractivity contribution in [3.05, 3.63) is 101 Å². The van der Waals surface area contributed by atoms with Gasteiger partial charge in [-0.1, -0.05) is 66.7 Å². The molecule has 0 fully saturated rings. The molecule has 0 aliphatic rings. The molecule has 2 aromatic carbocycles. The van der Waals surface area contributed by atoms with Crippen LogP contribution in [0.5, 0.6) is 0 Å². The molecule has 22 heavy (non-hydrogen) atoms. The van der Waals surface area contributed by atoms with Gasteiger partial charge in [0, 0.05) is 5.57 Å². The first-order valence-corrected chi connectivity index (χ1v) is 7.26. The Morgan fingerprint density at radius 3 is 2.18 bits per heavy atom. The van der Waals surface area contributed by atoms with Gasteiger partial charge in [0.25, 0.3) is 0 Å². The summed E-state index contributed by atoms with van der Waals surface area (Å²) >= 11 is 0. The molecule has 0 aliphatic heterocycles. The number of benzene rings is 2. The molecule has 3 aromatic rings. The van der Waals surface area contributed by atoms with Crippen LogP contribution in [-0.4, -0.2) is 10.1 Å². The van der Waals surface area contributed by atoms with Gasteiger partial charge >= 0.3 is 0 Å². The van der Waals surface area contributed by atoms with E-state index in [1.54, 1.807) is 0 Å². The third kappa shape index (κ3) is 3.30. The fraction of sp³-hybridized carbons (Fsp3) is 0.0500. The van der Waals surface area contributed by atoms with Crippen molar-refractivity contribution in [3.63, 3.8) is 0 Å². The van der Waals surface area contributed by atoms with E-state index >= 15 is 0 Å². The second-order valence-corrected chi connectivity index (χ2v) is 5.01. The summed E-state index contributed by atoms with van der Waals surface area (Å²) in [5, 5.41) is 9.32. The summed E-state index contributed by atoms with van der Waals surface area (Å²) in [6.45, 7) is -0.0543. The molecule has 1 heterocycles.